The maximum Gasteiger partial charge on any atom is 0.209 e. The summed E-state index contributed by atoms with van der Waals surface area (Å²) in [7, 11) is 0. The fourth-order valence-corrected chi connectivity index (χ4v) is 3.50. The van der Waals surface area contributed by atoms with Gasteiger partial charge in [-0.3, -0.25) is 0 Å². The fraction of sp³-hybridized carbons (Fsp3) is 0.250. The first-order valence-electron chi connectivity index (χ1n) is 7.72. The van der Waals surface area contributed by atoms with E-state index in [1.807, 2.05) is 0 Å². The molecule has 0 unspecified atom stereocenters. The van der Waals surface area contributed by atoms with Crippen molar-refractivity contribution in [2.75, 3.05) is 6.54 Å². The Morgan fingerprint density at radius 1 is 1.00 bits per heavy atom. The maximum atomic E-state index is 3.48. The van der Waals surface area contributed by atoms with Crippen LogP contribution in [0.3, 0.4) is 0 Å². The van der Waals surface area contributed by atoms with Crippen LogP contribution in [0.2, 0.25) is 0 Å². The summed E-state index contributed by atoms with van der Waals surface area (Å²) in [5.41, 5.74) is 5.37. The molecule has 0 bridgehead atoms. The van der Waals surface area contributed by atoms with Crippen LogP contribution in [0.15, 0.2) is 59.1 Å². The lowest BCUT2D eigenvalue weighted by atomic mass is 9.81. The molecule has 22 heavy (non-hydrogen) atoms. The van der Waals surface area contributed by atoms with Crippen molar-refractivity contribution >= 4 is 33.4 Å². The highest BCUT2D eigenvalue weighted by molar-refractivity contribution is 9.10. The zero-order chi connectivity index (χ0) is 15.7. The van der Waals surface area contributed by atoms with Gasteiger partial charge in [-0.2, -0.15) is 4.58 Å². The van der Waals surface area contributed by atoms with E-state index >= 15 is 0 Å². The predicted octanol–water partition coefficient (Wildman–Crippen LogP) is 5.56. The first-order chi connectivity index (χ1) is 10.5. The van der Waals surface area contributed by atoms with E-state index in [0.29, 0.717) is 0 Å². The van der Waals surface area contributed by atoms with Crippen molar-refractivity contribution in [1.29, 1.82) is 0 Å². The molecule has 2 heteroatoms. The van der Waals surface area contributed by atoms with Crippen LogP contribution in [0.5, 0.6) is 0 Å². The van der Waals surface area contributed by atoms with Crippen LogP contribution in [0, 0.1) is 0 Å². The van der Waals surface area contributed by atoms with Crippen LogP contribution < -0.4 is 0 Å². The fourth-order valence-electron chi connectivity index (χ4n) is 3.23. The molecule has 0 radical (unpaired) electrons. The molecule has 0 fully saturated rings. The molecule has 0 saturated carbocycles. The number of hydrogen-bond acceptors (Lipinski definition) is 0. The van der Waals surface area contributed by atoms with Gasteiger partial charge in [0.2, 0.25) is 5.69 Å². The zero-order valence-corrected chi connectivity index (χ0v) is 14.9. The van der Waals surface area contributed by atoms with E-state index in [4.69, 9.17) is 0 Å². The van der Waals surface area contributed by atoms with Gasteiger partial charge in [0.05, 0.1) is 5.41 Å². The molecule has 0 spiro atoms. The van der Waals surface area contributed by atoms with Gasteiger partial charge in [0, 0.05) is 22.2 Å². The number of nitrogens with zero attached hydrogens (tertiary/aromatic N) is 1. The lowest BCUT2D eigenvalue weighted by Crippen LogP contribution is -2.27. The maximum absolute atomic E-state index is 3.48. The molecular weight excluding hydrogens is 334 g/mol. The Bertz CT molecular complexity index is 752. The highest BCUT2D eigenvalue weighted by Crippen LogP contribution is 2.39. The number of para-hydroxylation sites is 1. The monoisotopic (exact) mass is 354 g/mol. The lowest BCUT2D eigenvalue weighted by Gasteiger charge is -2.15. The second kappa shape index (κ2) is 5.85. The molecule has 0 aliphatic carbocycles. The van der Waals surface area contributed by atoms with Crippen molar-refractivity contribution in [3.05, 3.63) is 70.2 Å². The molecule has 112 valence electrons. The van der Waals surface area contributed by atoms with Gasteiger partial charge in [-0.1, -0.05) is 46.3 Å². The third-order valence-electron chi connectivity index (χ3n) is 4.42. The topological polar surface area (TPSA) is 3.01 Å². The molecule has 1 nitrogen and oxygen atoms in total. The van der Waals surface area contributed by atoms with Gasteiger partial charge < -0.3 is 0 Å². The molecule has 0 saturated heterocycles. The number of allylic oxidation sites excluding steroid dienone is 1. The van der Waals surface area contributed by atoms with Gasteiger partial charge in [-0.25, -0.2) is 0 Å². The summed E-state index contributed by atoms with van der Waals surface area (Å²) in [6.45, 7) is 7.82. The minimum atomic E-state index is 0.0401. The summed E-state index contributed by atoms with van der Waals surface area (Å²) in [5, 5.41) is 0. The second-order valence-electron chi connectivity index (χ2n) is 6.16. The quantitative estimate of drug-likeness (QED) is 0.634. The summed E-state index contributed by atoms with van der Waals surface area (Å²) in [4.78, 5) is 0. The van der Waals surface area contributed by atoms with E-state index in [2.05, 4.69) is 102 Å². The lowest BCUT2D eigenvalue weighted by molar-refractivity contribution is -0.433. The van der Waals surface area contributed by atoms with E-state index in [0.717, 1.165) is 11.0 Å². The summed E-state index contributed by atoms with van der Waals surface area (Å²) < 4.78 is 3.53. The minimum Gasteiger partial charge on any atom is -0.195 e. The minimum absolute atomic E-state index is 0.0401. The first-order valence-corrected chi connectivity index (χ1v) is 8.51. The third kappa shape index (κ3) is 2.56. The van der Waals surface area contributed by atoms with Crippen LogP contribution in [0.4, 0.5) is 5.69 Å². The van der Waals surface area contributed by atoms with Crippen LogP contribution >= 0.6 is 15.9 Å². The Labute approximate surface area is 141 Å². The Morgan fingerprint density at radius 2 is 1.68 bits per heavy atom. The van der Waals surface area contributed by atoms with Crippen LogP contribution in [-0.4, -0.2) is 16.8 Å². The largest absolute Gasteiger partial charge is 0.209 e. The Kier molecular flexibility index (Phi) is 4.05. The first kappa shape index (κ1) is 15.2. The van der Waals surface area contributed by atoms with Crippen molar-refractivity contribution in [2.24, 2.45) is 0 Å². The molecule has 2 aromatic rings. The van der Waals surface area contributed by atoms with Crippen molar-refractivity contribution in [3.63, 3.8) is 0 Å². The van der Waals surface area contributed by atoms with E-state index in [1.165, 1.54) is 22.5 Å². The van der Waals surface area contributed by atoms with E-state index in [1.54, 1.807) is 0 Å². The molecule has 0 atom stereocenters. The predicted molar refractivity (Wildman–Crippen MR) is 98.1 cm³/mol. The van der Waals surface area contributed by atoms with Gasteiger partial charge >= 0.3 is 0 Å². The van der Waals surface area contributed by atoms with Crippen molar-refractivity contribution in [1.82, 2.24) is 0 Å². The van der Waals surface area contributed by atoms with Gasteiger partial charge in [0.1, 0.15) is 6.54 Å². The molecular formula is C20H21BrN+. The van der Waals surface area contributed by atoms with E-state index < -0.39 is 0 Å². The van der Waals surface area contributed by atoms with E-state index in [-0.39, 0.29) is 5.41 Å². The van der Waals surface area contributed by atoms with Crippen LogP contribution in [0.1, 0.15) is 31.9 Å². The molecule has 1 aliphatic heterocycles. The number of halogens is 1. The molecule has 3 rings (SSSR count). The van der Waals surface area contributed by atoms with Gasteiger partial charge in [0.15, 0.2) is 5.71 Å². The van der Waals surface area contributed by atoms with Gasteiger partial charge in [-0.15, -0.1) is 0 Å². The highest BCUT2D eigenvalue weighted by Gasteiger charge is 2.43. The number of hydrogen-bond donors (Lipinski definition) is 0. The van der Waals surface area contributed by atoms with Crippen LogP contribution in [-0.2, 0) is 5.41 Å². The van der Waals surface area contributed by atoms with Gasteiger partial charge in [-0.05, 0) is 44.5 Å². The zero-order valence-electron chi connectivity index (χ0n) is 13.3. The summed E-state index contributed by atoms with van der Waals surface area (Å²) >= 11 is 3.48. The molecule has 0 amide bonds. The van der Waals surface area contributed by atoms with Crippen molar-refractivity contribution in [2.45, 2.75) is 26.2 Å². The molecule has 0 N–H and O–H groups in total. The Morgan fingerprint density at radius 3 is 2.36 bits per heavy atom. The summed E-state index contributed by atoms with van der Waals surface area (Å²) in [6, 6.07) is 17.2. The Hall–Kier alpha value is -1.67. The molecule has 0 aromatic heterocycles. The normalized spacial score (nSPS) is 16.4. The average Bonchev–Trinajstić information content (AvgIpc) is 2.74. The summed E-state index contributed by atoms with van der Waals surface area (Å²) in [6.07, 6.45) is 4.48. The molecule has 1 heterocycles. The number of rotatable bonds is 3. The van der Waals surface area contributed by atoms with E-state index in [9.17, 15) is 0 Å². The Balaban J connectivity index is 2.03. The second-order valence-corrected chi connectivity index (χ2v) is 7.07. The van der Waals surface area contributed by atoms with Crippen molar-refractivity contribution < 1.29 is 4.58 Å². The third-order valence-corrected chi connectivity index (χ3v) is 4.95. The van der Waals surface area contributed by atoms with Crippen molar-refractivity contribution in [3.8, 4) is 0 Å². The standard InChI is InChI=1S/C20H21BrN/c1-4-22-18-8-6-5-7-17(18)20(2,3)19(22)14-11-15-9-12-16(21)13-10-15/h5-14H,4H2,1-3H3/q+1/b14-11+. The highest BCUT2D eigenvalue weighted by atomic mass is 79.9. The van der Waals surface area contributed by atoms with Crippen LogP contribution in [0.25, 0.3) is 6.08 Å². The molecule has 2 aromatic carbocycles. The number of benzene rings is 2. The molecule has 1 aliphatic rings. The average molecular weight is 355 g/mol. The smallest absolute Gasteiger partial charge is 0.195 e. The van der Waals surface area contributed by atoms with Gasteiger partial charge in [0.25, 0.3) is 0 Å². The number of fused-ring (bicyclic) bond motifs is 1. The SMILES string of the molecule is CC[N+]1=C(/C=C/c2ccc(Br)cc2)C(C)(C)c2ccccc21. The summed E-state index contributed by atoms with van der Waals surface area (Å²) in [5.74, 6) is 0.